The monoisotopic (exact) mass is 304 g/mol. The molecule has 0 fully saturated rings. The number of nitrogens with one attached hydrogen (secondary N) is 1. The molecule has 1 N–H and O–H groups in total. The van der Waals surface area contributed by atoms with E-state index in [1.807, 2.05) is 12.1 Å². The Labute approximate surface area is 131 Å². The Morgan fingerprint density at radius 3 is 2.76 bits per heavy atom. The Bertz CT molecular complexity index is 572. The van der Waals surface area contributed by atoms with Gasteiger partial charge < -0.3 is 10.1 Å². The van der Waals surface area contributed by atoms with E-state index in [0.29, 0.717) is 6.61 Å². The van der Waals surface area contributed by atoms with Gasteiger partial charge in [-0.3, -0.25) is 0 Å². The Morgan fingerprint density at radius 1 is 1.29 bits per heavy atom. The quantitative estimate of drug-likeness (QED) is 0.869. The van der Waals surface area contributed by atoms with Crippen LogP contribution in [0.5, 0.6) is 5.75 Å². The summed E-state index contributed by atoms with van der Waals surface area (Å²) in [6.07, 6.45) is 0.985. The molecule has 0 bridgehead atoms. The minimum atomic E-state index is 0.119. The Hall–Kier alpha value is -1.39. The summed E-state index contributed by atoms with van der Waals surface area (Å²) in [7, 11) is 0. The van der Waals surface area contributed by atoms with Crippen LogP contribution < -0.4 is 10.1 Å². The smallest absolute Gasteiger partial charge is 0.131 e. The van der Waals surface area contributed by atoms with Gasteiger partial charge in [0.15, 0.2) is 0 Å². The number of nitrogens with zero attached hydrogens (tertiary/aromatic N) is 1. The van der Waals surface area contributed by atoms with Gasteiger partial charge in [-0.15, -0.1) is 11.3 Å². The average molecular weight is 304 g/mol. The van der Waals surface area contributed by atoms with Crippen LogP contribution in [-0.4, -0.2) is 10.5 Å². The van der Waals surface area contributed by atoms with Gasteiger partial charge >= 0.3 is 0 Å². The fraction of sp³-hybridized carbons (Fsp3) is 0.471. The second kappa shape index (κ2) is 7.05. The van der Waals surface area contributed by atoms with E-state index in [-0.39, 0.29) is 5.54 Å². The van der Waals surface area contributed by atoms with Crippen LogP contribution in [0.3, 0.4) is 0 Å². The highest BCUT2D eigenvalue weighted by molar-refractivity contribution is 7.09. The van der Waals surface area contributed by atoms with Gasteiger partial charge in [0.25, 0.3) is 0 Å². The first kappa shape index (κ1) is 16.0. The second-order valence-corrected chi connectivity index (χ2v) is 7.07. The molecule has 21 heavy (non-hydrogen) atoms. The molecule has 0 spiro atoms. The van der Waals surface area contributed by atoms with Gasteiger partial charge in [-0.05, 0) is 44.9 Å². The molecule has 1 heterocycles. The summed E-state index contributed by atoms with van der Waals surface area (Å²) in [5, 5.41) is 6.72. The van der Waals surface area contributed by atoms with Crippen molar-refractivity contribution in [3.63, 3.8) is 0 Å². The molecular weight excluding hydrogens is 280 g/mol. The number of hydrogen-bond donors (Lipinski definition) is 1. The van der Waals surface area contributed by atoms with Gasteiger partial charge in [-0.2, -0.15) is 0 Å². The summed E-state index contributed by atoms with van der Waals surface area (Å²) in [5.74, 6) is 0.897. The Balaban J connectivity index is 1.91. The standard InChI is InChI=1S/C17H24N2OS/c1-5-16-19-14(12-21-16)11-20-15-8-6-7-13(9-15)10-18-17(2,3)4/h6-9,12,18H,5,10-11H2,1-4H3. The first-order valence-corrected chi connectivity index (χ1v) is 8.24. The number of aromatic nitrogens is 1. The van der Waals surface area contributed by atoms with Crippen LogP contribution in [0.15, 0.2) is 29.6 Å². The molecule has 0 saturated heterocycles. The summed E-state index contributed by atoms with van der Waals surface area (Å²) in [6.45, 7) is 10.0. The van der Waals surface area contributed by atoms with Crippen LogP contribution >= 0.6 is 11.3 Å². The van der Waals surface area contributed by atoms with E-state index in [4.69, 9.17) is 4.74 Å². The van der Waals surface area contributed by atoms with Gasteiger partial charge in [-0.25, -0.2) is 4.98 Å². The predicted molar refractivity (Wildman–Crippen MR) is 88.9 cm³/mol. The third-order valence-corrected chi connectivity index (χ3v) is 4.05. The first-order valence-electron chi connectivity index (χ1n) is 7.36. The van der Waals surface area contributed by atoms with Gasteiger partial charge in [0.1, 0.15) is 12.4 Å². The van der Waals surface area contributed by atoms with Crippen molar-refractivity contribution in [2.75, 3.05) is 0 Å². The van der Waals surface area contributed by atoms with E-state index in [0.717, 1.165) is 29.4 Å². The van der Waals surface area contributed by atoms with Crippen LogP contribution in [0.1, 0.15) is 44.0 Å². The van der Waals surface area contributed by atoms with Crippen LogP contribution in [0, 0.1) is 0 Å². The maximum absolute atomic E-state index is 5.84. The minimum Gasteiger partial charge on any atom is -0.487 e. The molecule has 0 radical (unpaired) electrons. The van der Waals surface area contributed by atoms with Crippen molar-refractivity contribution in [3.05, 3.63) is 45.9 Å². The molecule has 0 aliphatic carbocycles. The molecular formula is C17H24N2OS. The molecule has 0 amide bonds. The van der Waals surface area contributed by atoms with Crippen molar-refractivity contribution in [2.24, 2.45) is 0 Å². The lowest BCUT2D eigenvalue weighted by Crippen LogP contribution is -2.35. The highest BCUT2D eigenvalue weighted by atomic mass is 32.1. The lowest BCUT2D eigenvalue weighted by molar-refractivity contribution is 0.301. The van der Waals surface area contributed by atoms with Crippen LogP contribution in [-0.2, 0) is 19.6 Å². The topological polar surface area (TPSA) is 34.1 Å². The van der Waals surface area contributed by atoms with Crippen molar-refractivity contribution >= 4 is 11.3 Å². The van der Waals surface area contributed by atoms with E-state index in [9.17, 15) is 0 Å². The predicted octanol–water partition coefficient (Wildman–Crippen LogP) is 4.17. The number of hydrogen-bond acceptors (Lipinski definition) is 4. The fourth-order valence-electron chi connectivity index (χ4n) is 1.85. The molecule has 0 unspecified atom stereocenters. The molecule has 1 aromatic heterocycles. The normalized spacial score (nSPS) is 11.6. The number of thiazole rings is 1. The third kappa shape index (κ3) is 5.48. The van der Waals surface area contributed by atoms with Crippen molar-refractivity contribution in [2.45, 2.75) is 52.8 Å². The highest BCUT2D eigenvalue weighted by Crippen LogP contribution is 2.17. The summed E-state index contributed by atoms with van der Waals surface area (Å²) >= 11 is 1.70. The molecule has 2 rings (SSSR count). The maximum Gasteiger partial charge on any atom is 0.131 e. The molecule has 0 aliphatic heterocycles. The summed E-state index contributed by atoms with van der Waals surface area (Å²) in [6, 6.07) is 8.23. The zero-order chi connectivity index (χ0) is 15.3. The Kier molecular flexibility index (Phi) is 5.37. The SMILES string of the molecule is CCc1nc(COc2cccc(CNC(C)(C)C)c2)cs1. The highest BCUT2D eigenvalue weighted by Gasteiger charge is 2.08. The van der Waals surface area contributed by atoms with Crippen molar-refractivity contribution in [1.82, 2.24) is 10.3 Å². The number of aryl methyl sites for hydroxylation is 1. The molecule has 1 aromatic carbocycles. The van der Waals surface area contributed by atoms with E-state index >= 15 is 0 Å². The zero-order valence-corrected chi connectivity index (χ0v) is 14.1. The lowest BCUT2D eigenvalue weighted by Gasteiger charge is -2.20. The number of rotatable bonds is 6. The molecule has 0 atom stereocenters. The van der Waals surface area contributed by atoms with E-state index in [2.05, 4.69) is 55.5 Å². The minimum absolute atomic E-state index is 0.119. The van der Waals surface area contributed by atoms with Crippen molar-refractivity contribution < 1.29 is 4.74 Å². The van der Waals surface area contributed by atoms with E-state index in [1.165, 1.54) is 5.56 Å². The van der Waals surface area contributed by atoms with Gasteiger partial charge in [0.05, 0.1) is 10.7 Å². The summed E-state index contributed by atoms with van der Waals surface area (Å²) in [4.78, 5) is 4.52. The summed E-state index contributed by atoms with van der Waals surface area (Å²) in [5.41, 5.74) is 2.36. The van der Waals surface area contributed by atoms with Gasteiger partial charge in [0, 0.05) is 17.5 Å². The molecule has 4 heteroatoms. The maximum atomic E-state index is 5.84. The van der Waals surface area contributed by atoms with Crippen molar-refractivity contribution in [3.8, 4) is 5.75 Å². The van der Waals surface area contributed by atoms with Crippen LogP contribution in [0.25, 0.3) is 0 Å². The summed E-state index contributed by atoms with van der Waals surface area (Å²) < 4.78 is 5.84. The molecule has 0 aliphatic rings. The van der Waals surface area contributed by atoms with E-state index in [1.54, 1.807) is 11.3 Å². The van der Waals surface area contributed by atoms with Crippen LogP contribution in [0.2, 0.25) is 0 Å². The molecule has 2 aromatic rings. The Morgan fingerprint density at radius 2 is 2.10 bits per heavy atom. The molecule has 114 valence electrons. The molecule has 3 nitrogen and oxygen atoms in total. The number of ether oxygens (including phenoxy) is 1. The molecule has 0 saturated carbocycles. The first-order chi connectivity index (χ1) is 9.96. The third-order valence-electron chi connectivity index (χ3n) is 3.01. The largest absolute Gasteiger partial charge is 0.487 e. The van der Waals surface area contributed by atoms with Crippen molar-refractivity contribution in [1.29, 1.82) is 0 Å². The van der Waals surface area contributed by atoms with Gasteiger partial charge in [-0.1, -0.05) is 19.1 Å². The van der Waals surface area contributed by atoms with Crippen LogP contribution in [0.4, 0.5) is 0 Å². The second-order valence-electron chi connectivity index (χ2n) is 6.13. The lowest BCUT2D eigenvalue weighted by atomic mass is 10.1. The average Bonchev–Trinajstić information content (AvgIpc) is 2.91. The van der Waals surface area contributed by atoms with Gasteiger partial charge in [0.2, 0.25) is 0 Å². The number of benzene rings is 1. The zero-order valence-electron chi connectivity index (χ0n) is 13.3. The van der Waals surface area contributed by atoms with E-state index < -0.39 is 0 Å². The fourth-order valence-corrected chi connectivity index (χ4v) is 2.58.